The largest absolute Gasteiger partial charge is 0.490 e. The van der Waals surface area contributed by atoms with Crippen molar-refractivity contribution in [1.29, 1.82) is 0 Å². The molecule has 0 radical (unpaired) electrons. The second-order valence-electron chi connectivity index (χ2n) is 4.92. The Bertz CT molecular complexity index is 447. The molecule has 1 aromatic rings. The van der Waals surface area contributed by atoms with Gasteiger partial charge in [-0.2, -0.15) is 0 Å². The molecule has 0 aromatic heterocycles. The zero-order valence-electron chi connectivity index (χ0n) is 11.3. The Morgan fingerprint density at radius 1 is 1.17 bits per heavy atom. The number of benzene rings is 1. The maximum absolute atomic E-state index is 12.3. The summed E-state index contributed by atoms with van der Waals surface area (Å²) in [5.74, 6) is 1.58. The van der Waals surface area contributed by atoms with Gasteiger partial charge in [0.05, 0.1) is 13.2 Å². The quantitative estimate of drug-likeness (QED) is 0.723. The van der Waals surface area contributed by atoms with Gasteiger partial charge in [0, 0.05) is 11.0 Å². The number of hydrogen-bond acceptors (Lipinski definition) is 3. The third-order valence-electron chi connectivity index (χ3n) is 3.35. The molecule has 0 unspecified atom stereocenters. The standard InChI is InChI=1S/C15H20O3/c1-4-17-12-7-6-11(10-13(12)18-5-2)14(16)15(3)8-9-15/h6-7,10H,4-5,8-9H2,1-3H3. The minimum absolute atomic E-state index is 0.142. The van der Waals surface area contributed by atoms with E-state index in [4.69, 9.17) is 9.47 Å². The predicted molar refractivity (Wildman–Crippen MR) is 70.5 cm³/mol. The fraction of sp³-hybridized carbons (Fsp3) is 0.533. The van der Waals surface area contributed by atoms with Gasteiger partial charge in [-0.15, -0.1) is 0 Å². The van der Waals surface area contributed by atoms with E-state index in [0.717, 1.165) is 18.4 Å². The second-order valence-corrected chi connectivity index (χ2v) is 4.92. The Hall–Kier alpha value is -1.51. The lowest BCUT2D eigenvalue weighted by Crippen LogP contribution is -2.12. The van der Waals surface area contributed by atoms with Crippen molar-refractivity contribution in [3.63, 3.8) is 0 Å². The topological polar surface area (TPSA) is 35.5 Å². The van der Waals surface area contributed by atoms with Gasteiger partial charge in [0.25, 0.3) is 0 Å². The third-order valence-corrected chi connectivity index (χ3v) is 3.35. The van der Waals surface area contributed by atoms with Crippen molar-refractivity contribution in [3.8, 4) is 11.5 Å². The zero-order valence-corrected chi connectivity index (χ0v) is 11.3. The van der Waals surface area contributed by atoms with E-state index < -0.39 is 0 Å². The lowest BCUT2D eigenvalue weighted by molar-refractivity contribution is 0.0912. The molecule has 0 atom stereocenters. The van der Waals surface area contributed by atoms with Gasteiger partial charge < -0.3 is 9.47 Å². The summed E-state index contributed by atoms with van der Waals surface area (Å²) in [5.41, 5.74) is 0.582. The van der Waals surface area contributed by atoms with Crippen molar-refractivity contribution in [2.75, 3.05) is 13.2 Å². The van der Waals surface area contributed by atoms with E-state index in [9.17, 15) is 4.79 Å². The van der Waals surface area contributed by atoms with E-state index in [1.54, 1.807) is 6.07 Å². The number of carbonyl (C=O) groups excluding carboxylic acids is 1. The minimum Gasteiger partial charge on any atom is -0.490 e. The number of hydrogen-bond donors (Lipinski definition) is 0. The monoisotopic (exact) mass is 248 g/mol. The Morgan fingerprint density at radius 2 is 1.78 bits per heavy atom. The summed E-state index contributed by atoms with van der Waals surface area (Å²) >= 11 is 0. The first-order valence-corrected chi connectivity index (χ1v) is 6.55. The van der Waals surface area contributed by atoms with Crippen LogP contribution in [0.3, 0.4) is 0 Å². The molecule has 2 rings (SSSR count). The lowest BCUT2D eigenvalue weighted by Gasteiger charge is -2.13. The molecule has 0 bridgehead atoms. The second kappa shape index (κ2) is 5.01. The lowest BCUT2D eigenvalue weighted by atomic mass is 9.96. The SMILES string of the molecule is CCOc1ccc(C(=O)C2(C)CC2)cc1OCC. The van der Waals surface area contributed by atoms with Gasteiger partial charge in [-0.3, -0.25) is 4.79 Å². The molecular formula is C15H20O3. The van der Waals surface area contributed by atoms with Crippen molar-refractivity contribution in [3.05, 3.63) is 23.8 Å². The number of ether oxygens (including phenoxy) is 2. The van der Waals surface area contributed by atoms with Gasteiger partial charge in [-0.1, -0.05) is 6.92 Å². The number of Topliss-reactive ketones (excluding diaryl/α,β-unsaturated/α-hetero) is 1. The summed E-state index contributed by atoms with van der Waals surface area (Å²) < 4.78 is 11.0. The van der Waals surface area contributed by atoms with Crippen molar-refractivity contribution < 1.29 is 14.3 Å². The minimum atomic E-state index is -0.142. The Kier molecular flexibility index (Phi) is 3.60. The zero-order chi connectivity index (χ0) is 13.2. The van der Waals surface area contributed by atoms with E-state index in [1.165, 1.54) is 0 Å². The van der Waals surface area contributed by atoms with E-state index >= 15 is 0 Å². The molecule has 0 heterocycles. The number of ketones is 1. The summed E-state index contributed by atoms with van der Waals surface area (Å²) in [7, 11) is 0. The van der Waals surface area contributed by atoms with Crippen LogP contribution in [-0.2, 0) is 0 Å². The van der Waals surface area contributed by atoms with Crippen molar-refractivity contribution in [2.45, 2.75) is 33.6 Å². The van der Waals surface area contributed by atoms with E-state index in [-0.39, 0.29) is 11.2 Å². The molecule has 0 saturated heterocycles. The highest BCUT2D eigenvalue weighted by atomic mass is 16.5. The summed E-state index contributed by atoms with van der Waals surface area (Å²) in [5, 5.41) is 0. The molecule has 1 saturated carbocycles. The van der Waals surface area contributed by atoms with Crippen molar-refractivity contribution in [2.24, 2.45) is 5.41 Å². The molecule has 0 N–H and O–H groups in total. The molecule has 0 amide bonds. The van der Waals surface area contributed by atoms with Crippen molar-refractivity contribution in [1.82, 2.24) is 0 Å². The average Bonchev–Trinajstić information content (AvgIpc) is 3.10. The smallest absolute Gasteiger partial charge is 0.168 e. The Morgan fingerprint density at radius 3 is 2.33 bits per heavy atom. The fourth-order valence-corrected chi connectivity index (χ4v) is 1.96. The van der Waals surface area contributed by atoms with Crippen LogP contribution in [0, 0.1) is 5.41 Å². The fourth-order valence-electron chi connectivity index (χ4n) is 1.96. The summed E-state index contributed by atoms with van der Waals surface area (Å²) in [6, 6.07) is 5.47. The Balaban J connectivity index is 2.27. The van der Waals surface area contributed by atoms with Crippen LogP contribution < -0.4 is 9.47 Å². The Labute approximate surface area is 108 Å². The highest BCUT2D eigenvalue weighted by Gasteiger charge is 2.45. The highest BCUT2D eigenvalue weighted by molar-refractivity contribution is 6.02. The molecule has 3 heteroatoms. The van der Waals surface area contributed by atoms with Gasteiger partial charge >= 0.3 is 0 Å². The van der Waals surface area contributed by atoms with Crippen LogP contribution in [0.1, 0.15) is 44.0 Å². The molecule has 98 valence electrons. The van der Waals surface area contributed by atoms with E-state index in [1.807, 2.05) is 32.9 Å². The van der Waals surface area contributed by atoms with Gasteiger partial charge in [0.15, 0.2) is 17.3 Å². The van der Waals surface area contributed by atoms with Gasteiger partial charge in [0.1, 0.15) is 0 Å². The maximum Gasteiger partial charge on any atom is 0.168 e. The van der Waals surface area contributed by atoms with E-state index in [2.05, 4.69) is 0 Å². The van der Waals surface area contributed by atoms with Crippen LogP contribution in [0.4, 0.5) is 0 Å². The third kappa shape index (κ3) is 2.50. The maximum atomic E-state index is 12.3. The van der Waals surface area contributed by atoms with Gasteiger partial charge in [0.2, 0.25) is 0 Å². The first kappa shape index (κ1) is 12.9. The summed E-state index contributed by atoms with van der Waals surface area (Å²) in [4.78, 5) is 12.3. The molecule has 0 aliphatic heterocycles. The van der Waals surface area contributed by atoms with Gasteiger partial charge in [-0.05, 0) is 44.9 Å². The molecule has 1 fully saturated rings. The molecular weight excluding hydrogens is 228 g/mol. The van der Waals surface area contributed by atoms with Gasteiger partial charge in [-0.25, -0.2) is 0 Å². The van der Waals surface area contributed by atoms with Crippen LogP contribution in [0.5, 0.6) is 11.5 Å². The molecule has 3 nitrogen and oxygen atoms in total. The van der Waals surface area contributed by atoms with Crippen LogP contribution in [-0.4, -0.2) is 19.0 Å². The van der Waals surface area contributed by atoms with E-state index in [0.29, 0.717) is 24.7 Å². The first-order chi connectivity index (χ1) is 8.60. The molecule has 1 aromatic carbocycles. The normalized spacial score (nSPS) is 16.2. The molecule has 1 aliphatic carbocycles. The van der Waals surface area contributed by atoms with Crippen LogP contribution in [0.2, 0.25) is 0 Å². The highest BCUT2D eigenvalue weighted by Crippen LogP contribution is 2.48. The number of carbonyl (C=O) groups is 1. The average molecular weight is 248 g/mol. The molecule has 1 aliphatic rings. The predicted octanol–water partition coefficient (Wildman–Crippen LogP) is 3.47. The van der Waals surface area contributed by atoms with Crippen molar-refractivity contribution >= 4 is 5.78 Å². The molecule has 0 spiro atoms. The van der Waals surface area contributed by atoms with Crippen LogP contribution >= 0.6 is 0 Å². The summed E-state index contributed by atoms with van der Waals surface area (Å²) in [6.45, 7) is 7.03. The summed E-state index contributed by atoms with van der Waals surface area (Å²) in [6.07, 6.45) is 1.98. The van der Waals surface area contributed by atoms with Crippen LogP contribution in [0.25, 0.3) is 0 Å². The molecule has 18 heavy (non-hydrogen) atoms. The van der Waals surface area contributed by atoms with Crippen LogP contribution in [0.15, 0.2) is 18.2 Å². The number of rotatable bonds is 6. The first-order valence-electron chi connectivity index (χ1n) is 6.55.